The summed E-state index contributed by atoms with van der Waals surface area (Å²) in [5.74, 6) is -3.65. The maximum Gasteiger partial charge on any atom is 0.322 e. The lowest BCUT2D eigenvalue weighted by Gasteiger charge is -2.19. The minimum absolute atomic E-state index is 0.149. The number of aliphatic carboxylic acids is 1. The van der Waals surface area contributed by atoms with Crippen molar-refractivity contribution < 1.29 is 29.1 Å². The molecule has 0 radical (unpaired) electrons. The number of benzene rings is 1. The predicted octanol–water partition coefficient (Wildman–Crippen LogP) is -2.51. The molecular formula is C18H25N5O6. The normalized spacial score (nSPS) is 12.2. The minimum atomic E-state index is -1.22. The van der Waals surface area contributed by atoms with Crippen molar-refractivity contribution in [3.63, 3.8) is 0 Å². The van der Waals surface area contributed by atoms with Crippen LogP contribution in [0.5, 0.6) is 0 Å². The van der Waals surface area contributed by atoms with Crippen LogP contribution >= 0.6 is 0 Å². The van der Waals surface area contributed by atoms with Crippen molar-refractivity contribution in [2.24, 2.45) is 5.73 Å². The van der Waals surface area contributed by atoms with Gasteiger partial charge in [-0.1, -0.05) is 30.3 Å². The molecule has 2 atom stereocenters. The van der Waals surface area contributed by atoms with Crippen molar-refractivity contribution in [1.82, 2.24) is 21.3 Å². The third-order valence-corrected chi connectivity index (χ3v) is 3.63. The summed E-state index contributed by atoms with van der Waals surface area (Å²) < 4.78 is 0. The van der Waals surface area contributed by atoms with Gasteiger partial charge in [0.25, 0.3) is 0 Å². The van der Waals surface area contributed by atoms with Crippen LogP contribution in [0.1, 0.15) is 12.5 Å². The number of nitrogens with two attached hydrogens (primary N) is 1. The Hall–Kier alpha value is -3.47. The summed E-state index contributed by atoms with van der Waals surface area (Å²) in [5.41, 5.74) is 6.17. The first-order chi connectivity index (χ1) is 13.7. The van der Waals surface area contributed by atoms with E-state index in [0.717, 1.165) is 5.56 Å². The Morgan fingerprint density at radius 1 is 0.897 bits per heavy atom. The number of carboxylic acids is 1. The molecule has 0 aliphatic carbocycles. The van der Waals surface area contributed by atoms with Crippen molar-refractivity contribution in [2.45, 2.75) is 25.4 Å². The number of nitrogens with one attached hydrogen (secondary N) is 4. The lowest BCUT2D eigenvalue weighted by molar-refractivity contribution is -0.138. The fraction of sp³-hybridized carbons (Fsp3) is 0.389. The summed E-state index contributed by atoms with van der Waals surface area (Å²) in [7, 11) is 0. The molecule has 0 saturated heterocycles. The second-order valence-corrected chi connectivity index (χ2v) is 6.20. The van der Waals surface area contributed by atoms with Crippen LogP contribution in [0.2, 0.25) is 0 Å². The average molecular weight is 407 g/mol. The van der Waals surface area contributed by atoms with Crippen LogP contribution in [0.4, 0.5) is 0 Å². The fourth-order valence-electron chi connectivity index (χ4n) is 2.16. The van der Waals surface area contributed by atoms with Crippen LogP contribution in [0.25, 0.3) is 0 Å². The monoisotopic (exact) mass is 407 g/mol. The number of carbonyl (C=O) groups is 5. The highest BCUT2D eigenvalue weighted by atomic mass is 16.4. The van der Waals surface area contributed by atoms with Crippen molar-refractivity contribution in [3.05, 3.63) is 35.9 Å². The van der Waals surface area contributed by atoms with E-state index in [2.05, 4.69) is 21.3 Å². The highest BCUT2D eigenvalue weighted by Gasteiger charge is 2.22. The summed E-state index contributed by atoms with van der Waals surface area (Å²) in [6, 6.07) is 7.09. The Bertz CT molecular complexity index is 738. The third-order valence-electron chi connectivity index (χ3n) is 3.63. The van der Waals surface area contributed by atoms with Gasteiger partial charge in [0, 0.05) is 6.42 Å². The molecule has 11 heteroatoms. The minimum Gasteiger partial charge on any atom is -0.480 e. The molecule has 11 nitrogen and oxygen atoms in total. The number of hydrogen-bond acceptors (Lipinski definition) is 6. The van der Waals surface area contributed by atoms with Crippen LogP contribution < -0.4 is 27.0 Å². The lowest BCUT2D eigenvalue weighted by atomic mass is 10.1. The van der Waals surface area contributed by atoms with E-state index in [9.17, 15) is 24.0 Å². The molecule has 0 aromatic heterocycles. The zero-order valence-electron chi connectivity index (χ0n) is 15.9. The Morgan fingerprint density at radius 3 is 2.07 bits per heavy atom. The van der Waals surface area contributed by atoms with Crippen LogP contribution in [-0.2, 0) is 30.4 Å². The summed E-state index contributed by atoms with van der Waals surface area (Å²) in [6.45, 7) is 0.0825. The van der Waals surface area contributed by atoms with Gasteiger partial charge in [-0.2, -0.15) is 0 Å². The number of rotatable bonds is 11. The van der Waals surface area contributed by atoms with Gasteiger partial charge in [-0.15, -0.1) is 0 Å². The highest BCUT2D eigenvalue weighted by Crippen LogP contribution is 2.03. The Balaban J connectivity index is 2.68. The maximum absolute atomic E-state index is 12.4. The number of carbonyl (C=O) groups excluding carboxylic acids is 4. The molecule has 1 aromatic carbocycles. The van der Waals surface area contributed by atoms with E-state index >= 15 is 0 Å². The zero-order chi connectivity index (χ0) is 21.8. The molecule has 1 aromatic rings. The van der Waals surface area contributed by atoms with Crippen LogP contribution in [-0.4, -0.2) is 66.4 Å². The first-order valence-corrected chi connectivity index (χ1v) is 8.81. The molecule has 7 N–H and O–H groups in total. The van der Waals surface area contributed by atoms with Crippen molar-refractivity contribution in [3.8, 4) is 0 Å². The SMILES string of the molecule is C[C@@H](N)C(=O)NCC(=O)N[C@@H](Cc1ccccc1)C(=O)NCC(=O)NCC(=O)O. The molecule has 1 rings (SSSR count). The standard InChI is InChI=1S/C18H25N5O6/c1-11(19)17(28)21-9-15(25)23-13(7-12-5-3-2-4-6-12)18(29)22-8-14(24)20-10-16(26)27/h2-6,11,13H,7-10,19H2,1H3,(H,20,24)(H,21,28)(H,22,29)(H,23,25)(H,26,27)/t11-,13+/m1/s1. The number of amides is 4. The molecule has 4 amide bonds. The molecule has 158 valence electrons. The fourth-order valence-corrected chi connectivity index (χ4v) is 2.16. The lowest BCUT2D eigenvalue weighted by Crippen LogP contribution is -2.52. The molecule has 0 spiro atoms. The summed E-state index contributed by atoms with van der Waals surface area (Å²) in [5, 5.41) is 17.8. The quantitative estimate of drug-likeness (QED) is 0.234. The third kappa shape index (κ3) is 9.86. The van der Waals surface area contributed by atoms with E-state index in [1.807, 2.05) is 0 Å². The van der Waals surface area contributed by atoms with E-state index in [-0.39, 0.29) is 13.0 Å². The summed E-state index contributed by atoms with van der Waals surface area (Å²) in [6.07, 6.45) is 0.149. The van der Waals surface area contributed by atoms with Gasteiger partial charge < -0.3 is 32.1 Å². The van der Waals surface area contributed by atoms with Crippen molar-refractivity contribution in [2.75, 3.05) is 19.6 Å². The van der Waals surface area contributed by atoms with Crippen molar-refractivity contribution in [1.29, 1.82) is 0 Å². The molecule has 0 saturated carbocycles. The van der Waals surface area contributed by atoms with E-state index in [4.69, 9.17) is 10.8 Å². The first kappa shape index (κ1) is 23.6. The molecule has 0 unspecified atom stereocenters. The van der Waals surface area contributed by atoms with Gasteiger partial charge in [0.2, 0.25) is 23.6 Å². The number of hydrogen-bond donors (Lipinski definition) is 6. The summed E-state index contributed by atoms with van der Waals surface area (Å²) in [4.78, 5) is 58.0. The van der Waals surface area contributed by atoms with E-state index in [0.29, 0.717) is 0 Å². The van der Waals surface area contributed by atoms with Gasteiger partial charge >= 0.3 is 5.97 Å². The van der Waals surface area contributed by atoms with Crippen LogP contribution in [0.15, 0.2) is 30.3 Å². The molecule has 29 heavy (non-hydrogen) atoms. The van der Waals surface area contributed by atoms with Crippen molar-refractivity contribution >= 4 is 29.6 Å². The smallest absolute Gasteiger partial charge is 0.322 e. The van der Waals surface area contributed by atoms with Gasteiger partial charge in [0.1, 0.15) is 12.6 Å². The largest absolute Gasteiger partial charge is 0.480 e. The average Bonchev–Trinajstić information content (AvgIpc) is 2.68. The van der Waals surface area contributed by atoms with Crippen LogP contribution in [0, 0.1) is 0 Å². The Labute approximate surface area is 167 Å². The van der Waals surface area contributed by atoms with E-state index < -0.39 is 54.8 Å². The molecule has 0 heterocycles. The molecular weight excluding hydrogens is 382 g/mol. The first-order valence-electron chi connectivity index (χ1n) is 8.81. The van der Waals surface area contributed by atoms with Gasteiger partial charge in [-0.05, 0) is 12.5 Å². The van der Waals surface area contributed by atoms with E-state index in [1.165, 1.54) is 6.92 Å². The zero-order valence-corrected chi connectivity index (χ0v) is 15.9. The molecule has 0 aliphatic heterocycles. The van der Waals surface area contributed by atoms with Gasteiger partial charge in [0.05, 0.1) is 19.1 Å². The predicted molar refractivity (Wildman–Crippen MR) is 102 cm³/mol. The second kappa shape index (κ2) is 12.1. The molecule has 0 fully saturated rings. The van der Waals surface area contributed by atoms with Gasteiger partial charge in [0.15, 0.2) is 0 Å². The van der Waals surface area contributed by atoms with Gasteiger partial charge in [-0.25, -0.2) is 0 Å². The molecule has 0 bridgehead atoms. The maximum atomic E-state index is 12.4. The topological polar surface area (TPSA) is 180 Å². The number of carboxylic acid groups (broad SMARTS) is 1. The van der Waals surface area contributed by atoms with Gasteiger partial charge in [-0.3, -0.25) is 24.0 Å². The van der Waals surface area contributed by atoms with Crippen LogP contribution in [0.3, 0.4) is 0 Å². The Kier molecular flexibility index (Phi) is 9.82. The molecule has 0 aliphatic rings. The van der Waals surface area contributed by atoms with E-state index in [1.54, 1.807) is 30.3 Å². The Morgan fingerprint density at radius 2 is 1.48 bits per heavy atom. The summed E-state index contributed by atoms with van der Waals surface area (Å²) >= 11 is 0. The highest BCUT2D eigenvalue weighted by molar-refractivity contribution is 5.93. The second-order valence-electron chi connectivity index (χ2n) is 6.20.